The van der Waals surface area contributed by atoms with Crippen molar-refractivity contribution in [1.29, 1.82) is 0 Å². The van der Waals surface area contributed by atoms with Crippen molar-refractivity contribution in [2.24, 2.45) is 34.1 Å². The lowest BCUT2D eigenvalue weighted by Crippen LogP contribution is -2.29. The fourth-order valence-corrected chi connectivity index (χ4v) is 2.09. The predicted molar refractivity (Wildman–Crippen MR) is 87.4 cm³/mol. The zero-order valence-corrected chi connectivity index (χ0v) is 14.9. The first-order valence-electron chi connectivity index (χ1n) is 8.12. The Morgan fingerprint density at radius 1 is 0.500 bits per heavy atom. The molecule has 0 fully saturated rings. The lowest BCUT2D eigenvalue weighted by atomic mass is 10.2. The van der Waals surface area contributed by atoms with Crippen LogP contribution in [0.15, 0.2) is 10.4 Å². The second kappa shape index (κ2) is 10.0. The van der Waals surface area contributed by atoms with Gasteiger partial charge in [-0.05, 0) is 23.7 Å². The van der Waals surface area contributed by atoms with E-state index in [1.807, 2.05) is 0 Å². The van der Waals surface area contributed by atoms with Gasteiger partial charge in [0.05, 0.1) is 0 Å². The highest BCUT2D eigenvalue weighted by Gasteiger charge is 2.10. The molecule has 0 radical (unpaired) electrons. The third-order valence-corrected chi connectivity index (χ3v) is 2.60. The van der Waals surface area contributed by atoms with Crippen LogP contribution < -0.4 is 0 Å². The molecule has 0 spiro atoms. The van der Waals surface area contributed by atoms with Crippen molar-refractivity contribution in [2.75, 3.05) is 26.2 Å². The monoisotopic (exact) mass is 284 g/mol. The first-order valence-corrected chi connectivity index (χ1v) is 8.12. The van der Waals surface area contributed by atoms with Crippen molar-refractivity contribution >= 4 is 0 Å². The third kappa shape index (κ3) is 11.1. The molecule has 0 aromatic heterocycles. The largest absolute Gasteiger partial charge is 0.277 e. The van der Waals surface area contributed by atoms with Crippen molar-refractivity contribution in [2.45, 2.75) is 55.4 Å². The van der Waals surface area contributed by atoms with E-state index in [4.69, 9.17) is 0 Å². The number of nitrogens with zero attached hydrogens (tertiary/aromatic N) is 4. The van der Waals surface area contributed by atoms with Gasteiger partial charge in [-0.3, -0.25) is 10.0 Å². The van der Waals surface area contributed by atoms with Gasteiger partial charge >= 0.3 is 0 Å². The molecule has 0 atom stereocenters. The lowest BCUT2D eigenvalue weighted by Gasteiger charge is -2.25. The summed E-state index contributed by atoms with van der Waals surface area (Å²) in [5.74, 6) is 2.43. The average molecular weight is 284 g/mol. The van der Waals surface area contributed by atoms with E-state index in [2.05, 4.69) is 75.9 Å². The number of hydrogen-bond acceptors (Lipinski definition) is 2. The second-order valence-corrected chi connectivity index (χ2v) is 7.50. The Morgan fingerprint density at radius 2 is 0.700 bits per heavy atom. The molecule has 0 saturated heterocycles. The summed E-state index contributed by atoms with van der Waals surface area (Å²) in [6.07, 6.45) is 0. The van der Waals surface area contributed by atoms with Crippen molar-refractivity contribution in [3.8, 4) is 0 Å². The molecule has 0 heterocycles. The smallest absolute Gasteiger partial charge is 0.0401 e. The molecule has 4 heteroatoms. The van der Waals surface area contributed by atoms with Crippen LogP contribution in [-0.4, -0.2) is 36.2 Å². The number of hydrogen-bond donors (Lipinski definition) is 0. The minimum atomic E-state index is 0.608. The van der Waals surface area contributed by atoms with Gasteiger partial charge in [0.2, 0.25) is 0 Å². The van der Waals surface area contributed by atoms with Crippen molar-refractivity contribution in [1.82, 2.24) is 10.0 Å². The number of rotatable bonds is 10. The van der Waals surface area contributed by atoms with E-state index in [0.717, 1.165) is 26.2 Å². The first-order chi connectivity index (χ1) is 9.20. The van der Waals surface area contributed by atoms with Crippen LogP contribution in [0.2, 0.25) is 0 Å². The zero-order valence-electron chi connectivity index (χ0n) is 14.9. The van der Waals surface area contributed by atoms with E-state index < -0.39 is 0 Å². The summed E-state index contributed by atoms with van der Waals surface area (Å²) in [6.45, 7) is 21.7. The molecule has 0 aromatic rings. The van der Waals surface area contributed by atoms with E-state index in [1.165, 1.54) is 0 Å². The van der Waals surface area contributed by atoms with Crippen molar-refractivity contribution in [3.05, 3.63) is 0 Å². The van der Waals surface area contributed by atoms with E-state index >= 15 is 0 Å². The Bertz CT molecular complexity index is 213. The molecule has 0 amide bonds. The lowest BCUT2D eigenvalue weighted by molar-refractivity contribution is 0.152. The standard InChI is InChI=1S/C16H36N4/c1-13(2)9-19(10-14(3)4)17-18-20(11-15(5)6)12-16(7)8/h13-16H,9-12H2,1-8H3/b18-17+. The Hall–Kier alpha value is -0.800. The molecule has 0 saturated carbocycles. The molecule has 0 rings (SSSR count). The highest BCUT2D eigenvalue weighted by Crippen LogP contribution is 2.08. The van der Waals surface area contributed by atoms with Crippen LogP contribution >= 0.6 is 0 Å². The van der Waals surface area contributed by atoms with Crippen LogP contribution in [0.5, 0.6) is 0 Å². The van der Waals surface area contributed by atoms with Gasteiger partial charge < -0.3 is 0 Å². The molecular weight excluding hydrogens is 248 g/mol. The maximum absolute atomic E-state index is 4.49. The Labute approximate surface area is 126 Å². The van der Waals surface area contributed by atoms with Gasteiger partial charge in [0, 0.05) is 26.2 Å². The summed E-state index contributed by atoms with van der Waals surface area (Å²) in [5.41, 5.74) is 0. The fourth-order valence-electron chi connectivity index (χ4n) is 2.09. The van der Waals surface area contributed by atoms with Crippen LogP contribution in [0.25, 0.3) is 0 Å². The molecule has 0 aliphatic heterocycles. The molecule has 0 aliphatic rings. The molecular formula is C16H36N4. The minimum Gasteiger partial charge on any atom is -0.277 e. The molecule has 0 unspecified atom stereocenters. The first kappa shape index (κ1) is 19.2. The topological polar surface area (TPSA) is 31.2 Å². The SMILES string of the molecule is CC(C)CN(CC(C)C)/N=N/N(CC(C)C)CC(C)C. The maximum Gasteiger partial charge on any atom is 0.0401 e. The normalized spacial score (nSPS) is 12.4. The quantitative estimate of drug-likeness (QED) is 0.437. The van der Waals surface area contributed by atoms with Crippen LogP contribution in [0.1, 0.15) is 55.4 Å². The van der Waals surface area contributed by atoms with Gasteiger partial charge in [0.25, 0.3) is 0 Å². The highest BCUT2D eigenvalue weighted by atomic mass is 15.7. The van der Waals surface area contributed by atoms with Gasteiger partial charge in [0.15, 0.2) is 0 Å². The minimum absolute atomic E-state index is 0.608. The van der Waals surface area contributed by atoms with Gasteiger partial charge in [0.1, 0.15) is 0 Å². The van der Waals surface area contributed by atoms with Crippen LogP contribution in [0.4, 0.5) is 0 Å². The van der Waals surface area contributed by atoms with Crippen molar-refractivity contribution < 1.29 is 0 Å². The fraction of sp³-hybridized carbons (Fsp3) is 1.00. The van der Waals surface area contributed by atoms with Crippen LogP contribution in [0, 0.1) is 23.7 Å². The summed E-state index contributed by atoms with van der Waals surface area (Å²) in [4.78, 5) is 0. The van der Waals surface area contributed by atoms with Crippen LogP contribution in [-0.2, 0) is 0 Å². The Morgan fingerprint density at radius 3 is 0.850 bits per heavy atom. The molecule has 120 valence electrons. The zero-order chi connectivity index (χ0) is 15.7. The van der Waals surface area contributed by atoms with E-state index in [-0.39, 0.29) is 0 Å². The van der Waals surface area contributed by atoms with Crippen molar-refractivity contribution in [3.63, 3.8) is 0 Å². The van der Waals surface area contributed by atoms with Gasteiger partial charge in [-0.25, -0.2) is 0 Å². The third-order valence-electron chi connectivity index (χ3n) is 2.60. The predicted octanol–water partition coefficient (Wildman–Crippen LogP) is 4.50. The van der Waals surface area contributed by atoms with E-state index in [1.54, 1.807) is 0 Å². The molecule has 0 aromatic carbocycles. The van der Waals surface area contributed by atoms with Gasteiger partial charge in [-0.15, -0.1) is 0 Å². The average Bonchev–Trinajstić information content (AvgIpc) is 2.22. The Balaban J connectivity index is 4.64. The highest BCUT2D eigenvalue weighted by molar-refractivity contribution is 4.59. The molecule has 0 bridgehead atoms. The Kier molecular flexibility index (Phi) is 9.60. The summed E-state index contributed by atoms with van der Waals surface area (Å²) < 4.78 is 0. The summed E-state index contributed by atoms with van der Waals surface area (Å²) >= 11 is 0. The van der Waals surface area contributed by atoms with Crippen LogP contribution in [0.3, 0.4) is 0 Å². The van der Waals surface area contributed by atoms with Gasteiger partial charge in [-0.1, -0.05) is 65.8 Å². The second-order valence-electron chi connectivity index (χ2n) is 7.50. The molecule has 4 nitrogen and oxygen atoms in total. The molecule has 0 aliphatic carbocycles. The van der Waals surface area contributed by atoms with Gasteiger partial charge in [-0.2, -0.15) is 0 Å². The summed E-state index contributed by atoms with van der Waals surface area (Å²) in [7, 11) is 0. The van der Waals surface area contributed by atoms with E-state index in [0.29, 0.717) is 23.7 Å². The summed E-state index contributed by atoms with van der Waals surface area (Å²) in [5, 5.41) is 13.2. The maximum atomic E-state index is 4.49. The van der Waals surface area contributed by atoms with E-state index in [9.17, 15) is 0 Å². The molecule has 0 N–H and O–H groups in total. The molecule has 20 heavy (non-hydrogen) atoms. The summed E-state index contributed by atoms with van der Waals surface area (Å²) in [6, 6.07) is 0.